The number of halogens is 1. The van der Waals surface area contributed by atoms with Crippen molar-refractivity contribution >= 4 is 35.8 Å². The molecule has 2 rings (SSSR count). The number of hydrogen-bond donors (Lipinski definition) is 1. The number of guanidine groups is 1. The van der Waals surface area contributed by atoms with Crippen molar-refractivity contribution in [3.8, 4) is 0 Å². The van der Waals surface area contributed by atoms with Crippen LogP contribution in [-0.2, 0) is 4.79 Å². The number of piperazine rings is 1. The first-order valence-electron chi connectivity index (χ1n) is 8.27. The van der Waals surface area contributed by atoms with Crippen LogP contribution in [-0.4, -0.2) is 60.9 Å². The van der Waals surface area contributed by atoms with Gasteiger partial charge in [-0.05, 0) is 25.2 Å². The van der Waals surface area contributed by atoms with Gasteiger partial charge in [0.2, 0.25) is 5.91 Å². The molecule has 2 fully saturated rings. The van der Waals surface area contributed by atoms with Gasteiger partial charge in [-0.2, -0.15) is 0 Å². The lowest BCUT2D eigenvalue weighted by molar-refractivity contribution is -0.135. The Morgan fingerprint density at radius 2 is 1.73 bits per heavy atom. The van der Waals surface area contributed by atoms with Crippen LogP contribution < -0.4 is 5.32 Å². The molecule has 0 aromatic carbocycles. The summed E-state index contributed by atoms with van der Waals surface area (Å²) in [4.78, 5) is 21.1. The Morgan fingerprint density at radius 3 is 2.18 bits per heavy atom. The zero-order valence-electron chi connectivity index (χ0n) is 14.4. The standard InChI is InChI=1S/C16H30N4O.HI/c1-5-17-15(18-12-16(4)6-7-16)20-10-8-19(9-11-20)14(21)13(2)3;/h13H,5-12H2,1-4H3,(H,17,18);1H. The molecule has 128 valence electrons. The van der Waals surface area contributed by atoms with Crippen LogP contribution in [0.2, 0.25) is 0 Å². The van der Waals surface area contributed by atoms with E-state index in [0.29, 0.717) is 5.41 Å². The van der Waals surface area contributed by atoms with E-state index in [0.717, 1.165) is 45.2 Å². The zero-order valence-corrected chi connectivity index (χ0v) is 16.7. The molecule has 0 atom stereocenters. The first kappa shape index (κ1) is 19.5. The topological polar surface area (TPSA) is 47.9 Å². The molecule has 1 N–H and O–H groups in total. The highest BCUT2D eigenvalue weighted by atomic mass is 127. The number of nitrogens with one attached hydrogen (secondary N) is 1. The van der Waals surface area contributed by atoms with E-state index in [4.69, 9.17) is 4.99 Å². The van der Waals surface area contributed by atoms with Crippen LogP contribution in [0.5, 0.6) is 0 Å². The molecule has 0 bridgehead atoms. The molecule has 0 radical (unpaired) electrons. The summed E-state index contributed by atoms with van der Waals surface area (Å²) < 4.78 is 0. The molecule has 1 amide bonds. The van der Waals surface area contributed by atoms with E-state index >= 15 is 0 Å². The summed E-state index contributed by atoms with van der Waals surface area (Å²) in [6.07, 6.45) is 2.60. The molecule has 1 aliphatic heterocycles. The fourth-order valence-corrected chi connectivity index (χ4v) is 2.57. The van der Waals surface area contributed by atoms with Gasteiger partial charge in [-0.1, -0.05) is 20.8 Å². The number of rotatable bonds is 4. The Bertz CT molecular complexity index is 399. The molecular weight excluding hydrogens is 391 g/mol. The van der Waals surface area contributed by atoms with Gasteiger partial charge in [0, 0.05) is 45.2 Å². The van der Waals surface area contributed by atoms with E-state index in [1.807, 2.05) is 18.7 Å². The lowest BCUT2D eigenvalue weighted by Gasteiger charge is -2.37. The zero-order chi connectivity index (χ0) is 15.5. The van der Waals surface area contributed by atoms with E-state index < -0.39 is 0 Å². The smallest absolute Gasteiger partial charge is 0.225 e. The van der Waals surface area contributed by atoms with Crippen molar-refractivity contribution in [2.24, 2.45) is 16.3 Å². The molecular formula is C16H31IN4O. The fraction of sp³-hybridized carbons (Fsp3) is 0.875. The Morgan fingerprint density at radius 1 is 1.18 bits per heavy atom. The summed E-state index contributed by atoms with van der Waals surface area (Å²) in [5.74, 6) is 1.37. The van der Waals surface area contributed by atoms with Crippen LogP contribution in [0.25, 0.3) is 0 Å². The molecule has 0 unspecified atom stereocenters. The Kier molecular flexibility index (Phi) is 7.41. The molecule has 1 heterocycles. The third-order valence-corrected chi connectivity index (χ3v) is 4.43. The molecule has 2 aliphatic rings. The van der Waals surface area contributed by atoms with Crippen LogP contribution in [0.15, 0.2) is 4.99 Å². The Labute approximate surface area is 151 Å². The second kappa shape index (κ2) is 8.36. The SMILES string of the molecule is CCNC(=NCC1(C)CC1)N1CCN(C(=O)C(C)C)CC1.I. The summed E-state index contributed by atoms with van der Waals surface area (Å²) in [5.41, 5.74) is 0.441. The monoisotopic (exact) mass is 422 g/mol. The third kappa shape index (κ3) is 5.28. The van der Waals surface area contributed by atoms with Gasteiger partial charge in [-0.3, -0.25) is 9.79 Å². The second-order valence-corrected chi connectivity index (χ2v) is 6.95. The average molecular weight is 422 g/mol. The molecule has 1 saturated carbocycles. The van der Waals surface area contributed by atoms with E-state index in [1.54, 1.807) is 0 Å². The van der Waals surface area contributed by atoms with Crippen molar-refractivity contribution < 1.29 is 4.79 Å². The van der Waals surface area contributed by atoms with Gasteiger partial charge >= 0.3 is 0 Å². The van der Waals surface area contributed by atoms with Crippen molar-refractivity contribution in [1.82, 2.24) is 15.1 Å². The summed E-state index contributed by atoms with van der Waals surface area (Å²) >= 11 is 0. The number of nitrogens with zero attached hydrogens (tertiary/aromatic N) is 3. The molecule has 0 aromatic heterocycles. The van der Waals surface area contributed by atoms with E-state index in [2.05, 4.69) is 24.1 Å². The minimum absolute atomic E-state index is 0. The first-order chi connectivity index (χ1) is 9.95. The van der Waals surface area contributed by atoms with Gasteiger partial charge < -0.3 is 15.1 Å². The maximum Gasteiger partial charge on any atom is 0.225 e. The Hall–Kier alpha value is -0.530. The highest BCUT2D eigenvalue weighted by Crippen LogP contribution is 2.45. The van der Waals surface area contributed by atoms with Crippen LogP contribution >= 0.6 is 24.0 Å². The maximum atomic E-state index is 12.0. The summed E-state index contributed by atoms with van der Waals surface area (Å²) in [5, 5.41) is 3.39. The average Bonchev–Trinajstić information content (AvgIpc) is 3.21. The van der Waals surface area contributed by atoms with Gasteiger partial charge in [0.15, 0.2) is 5.96 Å². The van der Waals surface area contributed by atoms with E-state index in [9.17, 15) is 4.79 Å². The third-order valence-electron chi connectivity index (χ3n) is 4.43. The minimum Gasteiger partial charge on any atom is -0.357 e. The van der Waals surface area contributed by atoms with Crippen molar-refractivity contribution in [2.75, 3.05) is 39.3 Å². The summed E-state index contributed by atoms with van der Waals surface area (Å²) in [7, 11) is 0. The Balaban J connectivity index is 0.00000242. The highest BCUT2D eigenvalue weighted by molar-refractivity contribution is 14.0. The van der Waals surface area contributed by atoms with Crippen LogP contribution in [0.3, 0.4) is 0 Å². The predicted octanol–water partition coefficient (Wildman–Crippen LogP) is 2.17. The van der Waals surface area contributed by atoms with Gasteiger partial charge in [0.1, 0.15) is 0 Å². The molecule has 1 aliphatic carbocycles. The summed E-state index contributed by atoms with van der Waals surface area (Å²) in [6.45, 7) is 13.5. The highest BCUT2D eigenvalue weighted by Gasteiger charge is 2.37. The van der Waals surface area contributed by atoms with Crippen LogP contribution in [0, 0.1) is 11.3 Å². The normalized spacial score (nSPS) is 20.7. The first-order valence-corrected chi connectivity index (χ1v) is 8.27. The lowest BCUT2D eigenvalue weighted by atomic mass is 10.1. The van der Waals surface area contributed by atoms with Gasteiger partial charge in [0.05, 0.1) is 0 Å². The van der Waals surface area contributed by atoms with Crippen molar-refractivity contribution in [1.29, 1.82) is 0 Å². The number of hydrogen-bond acceptors (Lipinski definition) is 2. The van der Waals surface area contributed by atoms with Crippen molar-refractivity contribution in [3.63, 3.8) is 0 Å². The largest absolute Gasteiger partial charge is 0.357 e. The lowest BCUT2D eigenvalue weighted by Crippen LogP contribution is -2.54. The van der Waals surface area contributed by atoms with Crippen molar-refractivity contribution in [2.45, 2.75) is 40.5 Å². The van der Waals surface area contributed by atoms with Crippen LogP contribution in [0.1, 0.15) is 40.5 Å². The molecule has 0 spiro atoms. The second-order valence-electron chi connectivity index (χ2n) is 6.95. The van der Waals surface area contributed by atoms with Crippen LogP contribution in [0.4, 0.5) is 0 Å². The number of amides is 1. The number of carbonyl (C=O) groups is 1. The van der Waals surface area contributed by atoms with E-state index in [-0.39, 0.29) is 35.8 Å². The fourth-order valence-electron chi connectivity index (χ4n) is 2.57. The molecule has 5 nitrogen and oxygen atoms in total. The predicted molar refractivity (Wildman–Crippen MR) is 102 cm³/mol. The quantitative estimate of drug-likeness (QED) is 0.429. The van der Waals surface area contributed by atoms with Gasteiger partial charge in [-0.15, -0.1) is 24.0 Å². The van der Waals surface area contributed by atoms with Crippen molar-refractivity contribution in [3.05, 3.63) is 0 Å². The minimum atomic E-state index is 0. The molecule has 6 heteroatoms. The molecule has 0 aromatic rings. The summed E-state index contributed by atoms with van der Waals surface area (Å²) in [6, 6.07) is 0. The van der Waals surface area contributed by atoms with Gasteiger partial charge in [0.25, 0.3) is 0 Å². The molecule has 22 heavy (non-hydrogen) atoms. The maximum absolute atomic E-state index is 12.0. The molecule has 1 saturated heterocycles. The number of aliphatic imine (C=N–C) groups is 1. The van der Waals surface area contributed by atoms with Gasteiger partial charge in [-0.25, -0.2) is 0 Å². The number of carbonyl (C=O) groups excluding carboxylic acids is 1. The van der Waals surface area contributed by atoms with E-state index in [1.165, 1.54) is 12.8 Å².